The number of piperidine rings is 1. The van der Waals surface area contributed by atoms with Crippen LogP contribution in [0, 0.1) is 0 Å². The number of urea groups is 1. The van der Waals surface area contributed by atoms with E-state index in [9.17, 15) is 9.59 Å². The number of thioether (sulfide) groups is 1. The van der Waals surface area contributed by atoms with Gasteiger partial charge in [-0.2, -0.15) is 0 Å². The number of anilines is 1. The molecule has 3 N–H and O–H groups in total. The lowest BCUT2D eigenvalue weighted by Crippen LogP contribution is -2.55. The van der Waals surface area contributed by atoms with Gasteiger partial charge in [0.1, 0.15) is 11.5 Å². The van der Waals surface area contributed by atoms with Crippen LogP contribution in [-0.2, 0) is 11.2 Å². The van der Waals surface area contributed by atoms with Gasteiger partial charge in [0.2, 0.25) is 5.91 Å². The van der Waals surface area contributed by atoms with E-state index >= 15 is 0 Å². The molecule has 2 saturated heterocycles. The molecular weight excluding hydrogens is 523 g/mol. The van der Waals surface area contributed by atoms with Crippen LogP contribution < -0.4 is 25.4 Å². The Balaban J connectivity index is 1.24. The number of likely N-dealkylation sites (tertiary alicyclic amines) is 1. The summed E-state index contributed by atoms with van der Waals surface area (Å²) >= 11 is 13.9. The Bertz CT molecular complexity index is 1090. The van der Waals surface area contributed by atoms with Gasteiger partial charge in [-0.05, 0) is 37.0 Å². The lowest BCUT2D eigenvalue weighted by Gasteiger charge is -2.39. The lowest BCUT2D eigenvalue weighted by atomic mass is 10.0. The van der Waals surface area contributed by atoms with E-state index in [0.29, 0.717) is 59.0 Å². The molecule has 2 aromatic rings. The molecule has 194 valence electrons. The lowest BCUT2D eigenvalue weighted by molar-refractivity contribution is -0.122. The Morgan fingerprint density at radius 3 is 2.44 bits per heavy atom. The highest BCUT2D eigenvalue weighted by atomic mass is 35.5. The maximum absolute atomic E-state index is 12.8. The predicted molar refractivity (Wildman–Crippen MR) is 145 cm³/mol. The first-order valence-electron chi connectivity index (χ1n) is 11.7. The minimum Gasteiger partial charge on any atom is -0.497 e. The summed E-state index contributed by atoms with van der Waals surface area (Å²) < 4.78 is 10.5. The maximum Gasteiger partial charge on any atom is 0.321 e. The second-order valence-electron chi connectivity index (χ2n) is 8.80. The number of ether oxygens (including phenoxy) is 2. The maximum atomic E-state index is 12.8. The van der Waals surface area contributed by atoms with E-state index in [-0.39, 0.29) is 22.9 Å². The number of methoxy groups -OCH3 is 2. The summed E-state index contributed by atoms with van der Waals surface area (Å²) in [4.78, 5) is 27.2. The van der Waals surface area contributed by atoms with Crippen LogP contribution in [0.4, 0.5) is 10.5 Å². The summed E-state index contributed by atoms with van der Waals surface area (Å²) in [5.41, 5.74) is 1.56. The molecule has 2 aliphatic heterocycles. The highest BCUT2D eigenvalue weighted by molar-refractivity contribution is 8.01. The van der Waals surface area contributed by atoms with Crippen molar-refractivity contribution >= 4 is 52.6 Å². The number of rotatable bonds is 7. The van der Waals surface area contributed by atoms with E-state index in [1.54, 1.807) is 61.2 Å². The van der Waals surface area contributed by atoms with E-state index < -0.39 is 0 Å². The molecule has 0 bridgehead atoms. The summed E-state index contributed by atoms with van der Waals surface area (Å²) in [6, 6.07) is 10.2. The summed E-state index contributed by atoms with van der Waals surface area (Å²) in [6.07, 6.45) is 2.16. The van der Waals surface area contributed by atoms with Gasteiger partial charge in [0.25, 0.3) is 0 Å². The van der Waals surface area contributed by atoms with Crippen LogP contribution in [0.5, 0.6) is 11.5 Å². The van der Waals surface area contributed by atoms with Gasteiger partial charge in [0, 0.05) is 59.3 Å². The van der Waals surface area contributed by atoms with Gasteiger partial charge in [0.05, 0.1) is 25.1 Å². The number of carbonyl (C=O) groups excluding carboxylic acids is 2. The Morgan fingerprint density at radius 2 is 1.81 bits per heavy atom. The molecule has 4 rings (SSSR count). The Labute approximate surface area is 225 Å². The van der Waals surface area contributed by atoms with Crippen molar-refractivity contribution in [1.82, 2.24) is 15.5 Å². The summed E-state index contributed by atoms with van der Waals surface area (Å²) in [5, 5.41) is 10.7. The molecule has 1 atom stereocenters. The monoisotopic (exact) mass is 552 g/mol. The third-order valence-electron chi connectivity index (χ3n) is 6.45. The molecule has 0 radical (unpaired) electrons. The average molecular weight is 554 g/mol. The number of carbonyl (C=O) groups is 2. The fraction of sp³-hybridized carbons (Fsp3) is 0.440. The minimum absolute atomic E-state index is 0.0170. The van der Waals surface area contributed by atoms with E-state index in [4.69, 9.17) is 32.7 Å². The highest BCUT2D eigenvalue weighted by Gasteiger charge is 2.44. The molecule has 2 aromatic carbocycles. The first kappa shape index (κ1) is 26.7. The van der Waals surface area contributed by atoms with Gasteiger partial charge >= 0.3 is 6.03 Å². The molecule has 0 saturated carbocycles. The second-order valence-corrected chi connectivity index (χ2v) is 11.0. The molecule has 36 heavy (non-hydrogen) atoms. The first-order chi connectivity index (χ1) is 17.3. The molecule has 0 aliphatic carbocycles. The van der Waals surface area contributed by atoms with Gasteiger partial charge in [-0.3, -0.25) is 10.1 Å². The number of hydrogen-bond acceptors (Lipinski definition) is 6. The quantitative estimate of drug-likeness (QED) is 0.471. The molecule has 2 aliphatic rings. The summed E-state index contributed by atoms with van der Waals surface area (Å²) in [7, 11) is 3.14. The van der Waals surface area contributed by atoms with Gasteiger partial charge in [-0.25, -0.2) is 4.79 Å². The van der Waals surface area contributed by atoms with Gasteiger partial charge in [-0.15, -0.1) is 11.8 Å². The third-order valence-corrected chi connectivity index (χ3v) is 8.62. The summed E-state index contributed by atoms with van der Waals surface area (Å²) in [5.74, 6) is 1.89. The Morgan fingerprint density at radius 1 is 1.11 bits per heavy atom. The normalized spacial score (nSPS) is 18.7. The van der Waals surface area contributed by atoms with Crippen LogP contribution in [0.1, 0.15) is 18.4 Å². The van der Waals surface area contributed by atoms with Crippen LogP contribution in [0.15, 0.2) is 36.4 Å². The molecule has 11 heteroatoms. The van der Waals surface area contributed by atoms with Crippen molar-refractivity contribution in [1.29, 1.82) is 0 Å². The van der Waals surface area contributed by atoms with E-state index in [0.717, 1.165) is 18.4 Å². The number of nitrogens with one attached hydrogen (secondary N) is 3. The van der Waals surface area contributed by atoms with E-state index in [1.807, 2.05) is 6.07 Å². The third kappa shape index (κ3) is 6.51. The van der Waals surface area contributed by atoms with Crippen LogP contribution in [0.25, 0.3) is 0 Å². The number of amides is 3. The molecule has 3 amide bonds. The van der Waals surface area contributed by atoms with E-state index in [2.05, 4.69) is 16.0 Å². The zero-order valence-corrected chi connectivity index (χ0v) is 22.6. The van der Waals surface area contributed by atoms with Crippen molar-refractivity contribution in [3.8, 4) is 11.5 Å². The fourth-order valence-corrected chi connectivity index (χ4v) is 6.32. The standard InChI is InChI=1S/C25H30Cl2N4O4S/c1-34-19-12-18(13-20(14-19)35-2)29-24(33)31-9-6-25(7-10-31)30-22(15-36-25)23(32)28-8-5-16-3-4-17(26)11-21(16)27/h3-4,11-14,22,30H,5-10,15H2,1-2H3,(H,28,32)(H,29,33). The fourth-order valence-electron chi connectivity index (χ4n) is 4.39. The second kappa shape index (κ2) is 11.8. The number of nitrogens with zero attached hydrogens (tertiary/aromatic N) is 1. The molecule has 1 spiro atoms. The highest BCUT2D eigenvalue weighted by Crippen LogP contribution is 2.39. The molecule has 1 unspecified atom stereocenters. The van der Waals surface area contributed by atoms with Gasteiger partial charge in [0.15, 0.2) is 0 Å². The van der Waals surface area contributed by atoms with Gasteiger partial charge < -0.3 is 25.0 Å². The minimum atomic E-state index is -0.264. The topological polar surface area (TPSA) is 91.9 Å². The van der Waals surface area contributed by atoms with Crippen molar-refractivity contribution in [3.63, 3.8) is 0 Å². The molecular formula is C25H30Cl2N4O4S. The van der Waals surface area contributed by atoms with Crippen LogP contribution in [0.2, 0.25) is 10.0 Å². The smallest absolute Gasteiger partial charge is 0.321 e. The largest absolute Gasteiger partial charge is 0.497 e. The van der Waals surface area contributed by atoms with Crippen LogP contribution >= 0.6 is 35.0 Å². The van der Waals surface area contributed by atoms with Crippen LogP contribution in [-0.4, -0.2) is 67.4 Å². The molecule has 2 heterocycles. The number of benzene rings is 2. The summed E-state index contributed by atoms with van der Waals surface area (Å²) in [6.45, 7) is 1.69. The molecule has 2 fully saturated rings. The van der Waals surface area contributed by atoms with Crippen molar-refractivity contribution in [2.75, 3.05) is 44.9 Å². The van der Waals surface area contributed by atoms with Crippen molar-refractivity contribution < 1.29 is 19.1 Å². The zero-order chi connectivity index (χ0) is 25.7. The average Bonchev–Trinajstić information content (AvgIpc) is 3.28. The number of hydrogen-bond donors (Lipinski definition) is 3. The van der Waals surface area contributed by atoms with Crippen molar-refractivity contribution in [3.05, 3.63) is 52.0 Å². The Kier molecular flexibility index (Phi) is 8.77. The van der Waals surface area contributed by atoms with Crippen molar-refractivity contribution in [2.24, 2.45) is 0 Å². The predicted octanol–water partition coefficient (Wildman–Crippen LogP) is 4.40. The number of halogens is 2. The van der Waals surface area contributed by atoms with Gasteiger partial charge in [-0.1, -0.05) is 29.3 Å². The van der Waals surface area contributed by atoms with Crippen LogP contribution in [0.3, 0.4) is 0 Å². The molecule has 0 aromatic heterocycles. The van der Waals surface area contributed by atoms with E-state index in [1.165, 1.54) is 0 Å². The first-order valence-corrected chi connectivity index (χ1v) is 13.5. The SMILES string of the molecule is COc1cc(NC(=O)N2CCC3(CC2)NC(C(=O)NCCc2ccc(Cl)cc2Cl)CS3)cc(OC)c1. The molecule has 8 nitrogen and oxygen atoms in total. The Hall–Kier alpha value is -2.33. The van der Waals surface area contributed by atoms with Crippen molar-refractivity contribution in [2.45, 2.75) is 30.2 Å². The zero-order valence-electron chi connectivity index (χ0n) is 20.2.